The summed E-state index contributed by atoms with van der Waals surface area (Å²) in [6.45, 7) is -1.40. The van der Waals surface area contributed by atoms with Gasteiger partial charge < -0.3 is 9.84 Å². The molecule has 0 aliphatic rings. The van der Waals surface area contributed by atoms with Gasteiger partial charge in [-0.3, -0.25) is 0 Å². The van der Waals surface area contributed by atoms with Gasteiger partial charge in [-0.1, -0.05) is 13.8 Å². The van der Waals surface area contributed by atoms with E-state index in [-0.39, 0.29) is 18.9 Å². The number of alkyl halides is 15. The largest absolute Gasteiger partial charge is 1.00 e. The third-order valence-electron chi connectivity index (χ3n) is 3.42. The summed E-state index contributed by atoms with van der Waals surface area (Å²) < 4.78 is 197. The van der Waals surface area contributed by atoms with Gasteiger partial charge >= 0.3 is 55.2 Å². The van der Waals surface area contributed by atoms with Crippen LogP contribution in [0.15, 0.2) is 0 Å². The Kier molecular flexibility index (Phi) is 8.90. The van der Waals surface area contributed by atoms with Crippen molar-refractivity contribution < 1.29 is 94.6 Å². The second kappa shape index (κ2) is 8.43. The summed E-state index contributed by atoms with van der Waals surface area (Å²) >= 11 is 0. The molecule has 0 bridgehead atoms. The molecule has 0 saturated carbocycles. The van der Waals surface area contributed by atoms with E-state index in [2.05, 4.69) is 4.74 Å². The number of rotatable bonds is 7. The van der Waals surface area contributed by atoms with E-state index in [1.807, 2.05) is 0 Å². The first-order valence-electron chi connectivity index (χ1n) is 6.89. The van der Waals surface area contributed by atoms with Crippen molar-refractivity contribution in [3.63, 3.8) is 0 Å². The predicted molar refractivity (Wildman–Crippen MR) is 60.4 cm³/mol. The van der Waals surface area contributed by atoms with Crippen molar-refractivity contribution >= 4 is 0 Å². The summed E-state index contributed by atoms with van der Waals surface area (Å²) in [4.78, 5) is 0. The average Bonchev–Trinajstić information content (AvgIpc) is 2.37. The van der Waals surface area contributed by atoms with Crippen molar-refractivity contribution in [1.29, 1.82) is 0 Å². The van der Waals surface area contributed by atoms with Crippen LogP contribution in [0.4, 0.5) is 65.9 Å². The molecule has 0 aliphatic carbocycles. The van der Waals surface area contributed by atoms with Gasteiger partial charge in [-0.15, -0.1) is 5.60 Å². The molecular weight excluding hydrogens is 468 g/mol. The van der Waals surface area contributed by atoms with Gasteiger partial charge in [0.25, 0.3) is 5.60 Å². The summed E-state index contributed by atoms with van der Waals surface area (Å²) in [6, 6.07) is 0. The maximum atomic E-state index is 13.6. The Labute approximate surface area is 169 Å². The molecule has 0 unspecified atom stereocenters. The van der Waals surface area contributed by atoms with Crippen molar-refractivity contribution in [3.8, 4) is 0 Å². The van der Waals surface area contributed by atoms with Gasteiger partial charge in [-0.25, -0.2) is 0 Å². The second-order valence-electron chi connectivity index (χ2n) is 6.26. The molecule has 0 aromatic heterocycles. The Morgan fingerprint density at radius 2 is 0.800 bits per heavy atom. The van der Waals surface area contributed by atoms with Crippen molar-refractivity contribution in [2.45, 2.75) is 67.8 Å². The van der Waals surface area contributed by atoms with E-state index in [1.165, 1.54) is 0 Å². The van der Waals surface area contributed by atoms with Gasteiger partial charge in [0.2, 0.25) is 0 Å². The Balaban J connectivity index is 0. The summed E-state index contributed by atoms with van der Waals surface area (Å²) in [5, 5.41) is 11.2. The van der Waals surface area contributed by atoms with Crippen LogP contribution in [0.2, 0.25) is 0 Å². The van der Waals surface area contributed by atoms with Crippen LogP contribution in [-0.2, 0) is 4.74 Å². The average molecular weight is 478 g/mol. The van der Waals surface area contributed by atoms with E-state index >= 15 is 0 Å². The Morgan fingerprint density at radius 1 is 0.567 bits per heavy atom. The molecule has 176 valence electrons. The molecule has 0 aliphatic heterocycles. The zero-order valence-electron chi connectivity index (χ0n) is 14.9. The van der Waals surface area contributed by atoms with E-state index in [1.54, 1.807) is 0 Å². The minimum atomic E-state index is -8.11. The van der Waals surface area contributed by atoms with E-state index < -0.39 is 60.5 Å². The van der Waals surface area contributed by atoms with Crippen molar-refractivity contribution in [2.24, 2.45) is 0 Å². The third-order valence-corrected chi connectivity index (χ3v) is 3.42. The van der Waals surface area contributed by atoms with Crippen LogP contribution in [0, 0.1) is 0 Å². The molecule has 0 aromatic rings. The number of ether oxygens (including phenoxy) is 1. The monoisotopic (exact) mass is 478 g/mol. The van der Waals surface area contributed by atoms with Crippen LogP contribution >= 0.6 is 0 Å². The molecule has 18 heteroatoms. The second-order valence-corrected chi connectivity index (χ2v) is 6.26. The summed E-state index contributed by atoms with van der Waals surface area (Å²) in [6.07, 6.45) is -25.0. The van der Waals surface area contributed by atoms with Crippen LogP contribution in [0.5, 0.6) is 0 Å². The first kappa shape index (κ1) is 31.7. The molecule has 30 heavy (non-hydrogen) atoms. The van der Waals surface area contributed by atoms with E-state index in [9.17, 15) is 71.0 Å². The molecule has 0 aromatic carbocycles. The number of halogens is 15. The van der Waals surface area contributed by atoms with Gasteiger partial charge in [0.1, 0.15) is 0 Å². The number of hydrogen-bond acceptors (Lipinski definition) is 2. The molecule has 0 atom stereocenters. The molecule has 0 fully saturated rings. The molecule has 2 nitrogen and oxygen atoms in total. The summed E-state index contributed by atoms with van der Waals surface area (Å²) in [7, 11) is 0. The quantitative estimate of drug-likeness (QED) is 0.414. The molecule has 0 spiro atoms. The van der Waals surface area contributed by atoms with Crippen LogP contribution in [0.25, 0.3) is 0 Å². The maximum absolute atomic E-state index is 13.6. The van der Waals surface area contributed by atoms with Gasteiger partial charge in [-0.2, -0.15) is 65.9 Å². The normalized spacial score (nSPS) is 15.8. The van der Waals surface area contributed by atoms with Crippen molar-refractivity contribution in [3.05, 3.63) is 0 Å². The Morgan fingerprint density at radius 3 is 0.967 bits per heavy atom. The molecular formula is C12H10F15LiO2. The zero-order valence-corrected chi connectivity index (χ0v) is 14.9. The minimum absolute atomic E-state index is 0. The van der Waals surface area contributed by atoms with E-state index in [0.29, 0.717) is 13.8 Å². The molecule has 0 heterocycles. The molecule has 0 N–H and O–H groups in total. The predicted octanol–water partition coefficient (Wildman–Crippen LogP) is 1.87. The summed E-state index contributed by atoms with van der Waals surface area (Å²) in [5.41, 5.74) is -10.4. The first-order valence-corrected chi connectivity index (χ1v) is 6.89. The summed E-state index contributed by atoms with van der Waals surface area (Å²) in [5.74, 6) is -24.3. The fourth-order valence-electron chi connectivity index (χ4n) is 1.91. The molecule has 0 radical (unpaired) electrons. The van der Waals surface area contributed by atoms with Gasteiger partial charge in [0.05, 0.1) is 0 Å². The Hall–Kier alpha value is -0.533. The van der Waals surface area contributed by atoms with E-state index in [0.717, 1.165) is 0 Å². The van der Waals surface area contributed by atoms with Crippen LogP contribution < -0.4 is 24.0 Å². The van der Waals surface area contributed by atoms with Crippen LogP contribution in [0.3, 0.4) is 0 Å². The minimum Gasteiger partial charge on any atom is -0.850 e. The maximum Gasteiger partial charge on any atom is 1.00 e. The van der Waals surface area contributed by atoms with Gasteiger partial charge in [0.15, 0.2) is 0 Å². The zero-order chi connectivity index (χ0) is 24.1. The molecule has 0 rings (SSSR count). The number of hydrogen-bond donors (Lipinski definition) is 0. The topological polar surface area (TPSA) is 32.3 Å². The molecule has 0 saturated heterocycles. The van der Waals surface area contributed by atoms with E-state index in [4.69, 9.17) is 0 Å². The fourth-order valence-corrected chi connectivity index (χ4v) is 1.91. The smallest absolute Gasteiger partial charge is 0.850 e. The standard InChI is InChI=1S/C12H10F15O2.Li/c1-5(2,28)3-4-29-6(7(13,14)10(19,20)21,8(15,16)11(22,23)24)9(17,18)12(25,26)27;/h3-4H2,1-2H3;/q-1;+1. The Bertz CT molecular complexity index is 506. The van der Waals surface area contributed by atoms with Gasteiger partial charge in [-0.05, 0) is 6.42 Å². The van der Waals surface area contributed by atoms with Crippen molar-refractivity contribution in [1.82, 2.24) is 0 Å². The first-order chi connectivity index (χ1) is 12.2. The third kappa shape index (κ3) is 5.09. The SMILES string of the molecule is CC(C)([O-])CCOC(C(F)(F)C(F)(F)F)(C(F)(F)C(F)(F)F)C(F)(F)C(F)(F)F.[Li+]. The molecule has 0 amide bonds. The van der Waals surface area contributed by atoms with Crippen molar-refractivity contribution in [2.75, 3.05) is 6.61 Å². The van der Waals surface area contributed by atoms with Gasteiger partial charge in [0, 0.05) is 6.61 Å². The fraction of sp³-hybridized carbons (Fsp3) is 1.00. The van der Waals surface area contributed by atoms with Crippen LogP contribution in [-0.4, -0.2) is 54.1 Å². The van der Waals surface area contributed by atoms with Crippen LogP contribution in [0.1, 0.15) is 20.3 Å².